The van der Waals surface area contributed by atoms with Crippen molar-refractivity contribution in [1.29, 1.82) is 0 Å². The zero-order chi connectivity index (χ0) is 15.9. The average molecular weight is 294 g/mol. The van der Waals surface area contributed by atoms with Crippen LogP contribution in [0.15, 0.2) is 37.0 Å². The van der Waals surface area contributed by atoms with Gasteiger partial charge in [-0.05, 0) is 67.5 Å². The molecule has 0 bridgehead atoms. The maximum atomic E-state index is 4.55. The van der Waals surface area contributed by atoms with E-state index in [1.807, 2.05) is 26.1 Å². The van der Waals surface area contributed by atoms with Crippen LogP contribution in [0.2, 0.25) is 0 Å². The van der Waals surface area contributed by atoms with E-state index in [-0.39, 0.29) is 0 Å². The fourth-order valence-corrected chi connectivity index (χ4v) is 2.94. The van der Waals surface area contributed by atoms with Crippen LogP contribution in [0.4, 0.5) is 11.4 Å². The molecule has 22 heavy (non-hydrogen) atoms. The normalized spacial score (nSPS) is 12.7. The van der Waals surface area contributed by atoms with Gasteiger partial charge in [0.1, 0.15) is 0 Å². The van der Waals surface area contributed by atoms with Crippen LogP contribution >= 0.6 is 0 Å². The molecule has 0 saturated carbocycles. The number of aryl methyl sites for hydroxylation is 1. The maximum absolute atomic E-state index is 4.55. The summed E-state index contributed by atoms with van der Waals surface area (Å²) in [5, 5.41) is 3.53. The van der Waals surface area contributed by atoms with Crippen LogP contribution in [0.5, 0.6) is 0 Å². The number of rotatable bonds is 3. The molecule has 2 aromatic rings. The van der Waals surface area contributed by atoms with E-state index in [0.29, 0.717) is 0 Å². The first kappa shape index (κ1) is 16.3. The predicted molar refractivity (Wildman–Crippen MR) is 96.8 cm³/mol. The van der Waals surface area contributed by atoms with Gasteiger partial charge in [0.05, 0.1) is 17.6 Å². The molecule has 0 spiro atoms. The SMILES string of the molecule is C=Cc1ncc(Nc2cccc(C)c2)c2c1CCCC2.CC. The fraction of sp³-hybridized carbons (Fsp3) is 0.350. The third kappa shape index (κ3) is 3.56. The molecule has 0 saturated heterocycles. The van der Waals surface area contributed by atoms with Crippen molar-refractivity contribution in [1.82, 2.24) is 4.98 Å². The Morgan fingerprint density at radius 1 is 1.14 bits per heavy atom. The maximum Gasteiger partial charge on any atom is 0.0660 e. The fourth-order valence-electron chi connectivity index (χ4n) is 2.94. The molecule has 1 heterocycles. The Hall–Kier alpha value is -2.09. The summed E-state index contributed by atoms with van der Waals surface area (Å²) in [6, 6.07) is 8.45. The van der Waals surface area contributed by atoms with Crippen LogP contribution in [0.3, 0.4) is 0 Å². The number of anilines is 2. The minimum Gasteiger partial charge on any atom is -0.354 e. The number of benzene rings is 1. The first-order valence-corrected chi connectivity index (χ1v) is 8.25. The lowest BCUT2D eigenvalue weighted by Crippen LogP contribution is -2.09. The quantitative estimate of drug-likeness (QED) is 0.787. The number of nitrogens with zero attached hydrogens (tertiary/aromatic N) is 1. The van der Waals surface area contributed by atoms with Gasteiger partial charge in [-0.3, -0.25) is 4.98 Å². The summed E-state index contributed by atoms with van der Waals surface area (Å²) in [5.41, 5.74) is 7.39. The summed E-state index contributed by atoms with van der Waals surface area (Å²) in [6.07, 6.45) is 8.59. The largest absolute Gasteiger partial charge is 0.354 e. The summed E-state index contributed by atoms with van der Waals surface area (Å²) in [6.45, 7) is 9.99. The summed E-state index contributed by atoms with van der Waals surface area (Å²) in [4.78, 5) is 4.55. The van der Waals surface area contributed by atoms with E-state index in [4.69, 9.17) is 0 Å². The first-order chi connectivity index (χ1) is 10.8. The number of nitrogens with one attached hydrogen (secondary N) is 1. The van der Waals surface area contributed by atoms with Crippen LogP contribution in [0.25, 0.3) is 6.08 Å². The summed E-state index contributed by atoms with van der Waals surface area (Å²) >= 11 is 0. The molecule has 1 N–H and O–H groups in total. The van der Waals surface area contributed by atoms with Crippen molar-refractivity contribution in [2.75, 3.05) is 5.32 Å². The van der Waals surface area contributed by atoms with Gasteiger partial charge >= 0.3 is 0 Å². The number of aromatic nitrogens is 1. The molecule has 0 fully saturated rings. The minimum atomic E-state index is 1.05. The van der Waals surface area contributed by atoms with Crippen molar-refractivity contribution >= 4 is 17.5 Å². The third-order valence-electron chi connectivity index (χ3n) is 3.93. The van der Waals surface area contributed by atoms with Gasteiger partial charge in [-0.2, -0.15) is 0 Å². The molecule has 0 atom stereocenters. The van der Waals surface area contributed by atoms with E-state index in [1.54, 1.807) is 0 Å². The standard InChI is InChI=1S/C18H20N2.C2H6/c1-3-17-15-9-4-5-10-16(15)18(12-19-17)20-14-8-6-7-13(2)11-14;1-2/h3,6-8,11-12,20H,1,4-5,9-10H2,2H3;1-2H3. The summed E-state index contributed by atoms with van der Waals surface area (Å²) < 4.78 is 0. The molecule has 1 aromatic carbocycles. The molecule has 0 radical (unpaired) electrons. The van der Waals surface area contributed by atoms with Crippen LogP contribution in [-0.4, -0.2) is 4.98 Å². The highest BCUT2D eigenvalue weighted by Gasteiger charge is 2.17. The first-order valence-electron chi connectivity index (χ1n) is 8.25. The van der Waals surface area contributed by atoms with Gasteiger partial charge in [0.25, 0.3) is 0 Å². The number of hydrogen-bond acceptors (Lipinski definition) is 2. The van der Waals surface area contributed by atoms with Crippen LogP contribution in [-0.2, 0) is 12.8 Å². The summed E-state index contributed by atoms with van der Waals surface area (Å²) in [5.74, 6) is 0. The van der Waals surface area contributed by atoms with E-state index >= 15 is 0 Å². The molecule has 2 heteroatoms. The van der Waals surface area contributed by atoms with Crippen molar-refractivity contribution in [2.24, 2.45) is 0 Å². The molecular formula is C20H26N2. The lowest BCUT2D eigenvalue weighted by molar-refractivity contribution is 0.682. The van der Waals surface area contributed by atoms with E-state index in [9.17, 15) is 0 Å². The molecule has 2 nitrogen and oxygen atoms in total. The molecule has 0 aliphatic heterocycles. The average Bonchev–Trinajstić information content (AvgIpc) is 2.57. The van der Waals surface area contributed by atoms with Gasteiger partial charge in [0.15, 0.2) is 0 Å². The van der Waals surface area contributed by atoms with Crippen molar-refractivity contribution < 1.29 is 0 Å². The van der Waals surface area contributed by atoms with Gasteiger partial charge in [-0.15, -0.1) is 0 Å². The highest BCUT2D eigenvalue weighted by molar-refractivity contribution is 5.67. The number of hydrogen-bond donors (Lipinski definition) is 1. The Morgan fingerprint density at radius 3 is 2.55 bits per heavy atom. The second-order valence-corrected chi connectivity index (χ2v) is 5.42. The molecule has 0 unspecified atom stereocenters. The predicted octanol–water partition coefficient (Wildman–Crippen LogP) is 5.68. The van der Waals surface area contributed by atoms with Gasteiger partial charge in [0.2, 0.25) is 0 Å². The van der Waals surface area contributed by atoms with Crippen molar-refractivity contribution in [3.05, 3.63) is 59.4 Å². The number of fused-ring (bicyclic) bond motifs is 1. The highest BCUT2D eigenvalue weighted by Crippen LogP contribution is 2.31. The molecule has 1 aliphatic carbocycles. The smallest absolute Gasteiger partial charge is 0.0660 e. The Balaban J connectivity index is 0.000000847. The Bertz CT molecular complexity index is 644. The second-order valence-electron chi connectivity index (χ2n) is 5.42. The third-order valence-corrected chi connectivity index (χ3v) is 3.93. The van der Waals surface area contributed by atoms with Gasteiger partial charge in [0, 0.05) is 5.69 Å². The lowest BCUT2D eigenvalue weighted by Gasteiger charge is -2.21. The lowest BCUT2D eigenvalue weighted by atomic mass is 9.89. The molecule has 1 aliphatic rings. The van der Waals surface area contributed by atoms with Crippen molar-refractivity contribution in [3.63, 3.8) is 0 Å². The van der Waals surface area contributed by atoms with Crippen molar-refractivity contribution in [2.45, 2.75) is 46.5 Å². The molecular weight excluding hydrogens is 268 g/mol. The zero-order valence-electron chi connectivity index (χ0n) is 13.9. The second kappa shape index (κ2) is 7.79. The highest BCUT2D eigenvalue weighted by atomic mass is 14.9. The molecule has 0 amide bonds. The van der Waals surface area contributed by atoms with Gasteiger partial charge in [-0.25, -0.2) is 0 Å². The number of pyridine rings is 1. The van der Waals surface area contributed by atoms with Crippen molar-refractivity contribution in [3.8, 4) is 0 Å². The van der Waals surface area contributed by atoms with E-state index < -0.39 is 0 Å². The van der Waals surface area contributed by atoms with E-state index in [0.717, 1.165) is 29.9 Å². The Kier molecular flexibility index (Phi) is 5.76. The summed E-state index contributed by atoms with van der Waals surface area (Å²) in [7, 11) is 0. The minimum absolute atomic E-state index is 1.05. The molecule has 1 aromatic heterocycles. The van der Waals surface area contributed by atoms with E-state index in [1.165, 1.54) is 29.5 Å². The molecule has 116 valence electrons. The Labute approximate surface area is 134 Å². The zero-order valence-corrected chi connectivity index (χ0v) is 13.9. The van der Waals surface area contributed by atoms with Gasteiger partial charge < -0.3 is 5.32 Å². The van der Waals surface area contributed by atoms with Crippen LogP contribution in [0, 0.1) is 6.92 Å². The Morgan fingerprint density at radius 2 is 1.86 bits per heavy atom. The topological polar surface area (TPSA) is 24.9 Å². The van der Waals surface area contributed by atoms with Gasteiger partial charge in [-0.1, -0.05) is 32.6 Å². The van der Waals surface area contributed by atoms with E-state index in [2.05, 4.69) is 48.1 Å². The van der Waals surface area contributed by atoms with Crippen LogP contribution < -0.4 is 5.32 Å². The van der Waals surface area contributed by atoms with Crippen LogP contribution in [0.1, 0.15) is 49.1 Å². The monoisotopic (exact) mass is 294 g/mol. The molecule has 3 rings (SSSR count).